The maximum absolute atomic E-state index is 12.6. The van der Waals surface area contributed by atoms with Gasteiger partial charge in [0.25, 0.3) is 5.91 Å². The molecule has 0 bridgehead atoms. The molecule has 0 saturated heterocycles. The second-order valence-corrected chi connectivity index (χ2v) is 9.78. The number of nitro groups is 1. The van der Waals surface area contributed by atoms with Crippen molar-refractivity contribution in [3.63, 3.8) is 0 Å². The molecule has 45 heavy (non-hydrogen) atoms. The summed E-state index contributed by atoms with van der Waals surface area (Å²) in [6.07, 6.45) is -0.246. The molecule has 4 atom stereocenters. The number of nitro benzene ring substituents is 1. The van der Waals surface area contributed by atoms with Crippen LogP contribution >= 0.6 is 0 Å². The van der Waals surface area contributed by atoms with E-state index in [2.05, 4.69) is 26.6 Å². The molecule has 0 heterocycles. The third-order valence-corrected chi connectivity index (χ3v) is 6.29. The van der Waals surface area contributed by atoms with Crippen LogP contribution in [-0.4, -0.2) is 87.9 Å². The SMILES string of the molecule is C[C@H](NC(=O)CNC(=O)[C@H](C)NC(=O)[C@H](CO)NC(=O)c1ccccc1N)C(=O)N[C@@H](Cc1ccc(O)c([N+](=O)[O-])c1)C(N)=O. The average molecular weight is 631 g/mol. The number of aliphatic hydroxyl groups excluding tert-OH is 1. The van der Waals surface area contributed by atoms with Crippen LogP contribution in [0, 0.1) is 10.1 Å². The molecule has 242 valence electrons. The largest absolute Gasteiger partial charge is 0.502 e. The number of carbonyl (C=O) groups is 6. The van der Waals surface area contributed by atoms with E-state index in [9.17, 15) is 49.1 Å². The molecule has 0 aliphatic rings. The van der Waals surface area contributed by atoms with Gasteiger partial charge in [-0.2, -0.15) is 0 Å². The number of aliphatic hydroxyl groups is 1. The molecular formula is C27H34N8O10. The predicted octanol–water partition coefficient (Wildman–Crippen LogP) is -2.69. The van der Waals surface area contributed by atoms with Crippen LogP contribution in [0.3, 0.4) is 0 Å². The van der Waals surface area contributed by atoms with Crippen molar-refractivity contribution in [3.05, 3.63) is 63.7 Å². The highest BCUT2D eigenvalue weighted by atomic mass is 16.6. The van der Waals surface area contributed by atoms with Gasteiger partial charge in [0.2, 0.25) is 29.5 Å². The maximum atomic E-state index is 12.6. The molecule has 0 aliphatic carbocycles. The van der Waals surface area contributed by atoms with Crippen molar-refractivity contribution in [3.8, 4) is 5.75 Å². The number of carbonyl (C=O) groups excluding carboxylic acids is 6. The Labute approximate surface area is 256 Å². The number of rotatable bonds is 15. The van der Waals surface area contributed by atoms with Crippen LogP contribution in [0.25, 0.3) is 0 Å². The number of hydrogen-bond donors (Lipinski definition) is 9. The molecule has 0 spiro atoms. The summed E-state index contributed by atoms with van der Waals surface area (Å²) >= 11 is 0. The third-order valence-electron chi connectivity index (χ3n) is 6.29. The van der Waals surface area contributed by atoms with Gasteiger partial charge in [-0.1, -0.05) is 18.2 Å². The molecule has 18 nitrogen and oxygen atoms in total. The second kappa shape index (κ2) is 16.2. The molecule has 2 rings (SSSR count). The van der Waals surface area contributed by atoms with Crippen LogP contribution in [-0.2, 0) is 30.4 Å². The molecule has 0 aromatic heterocycles. The van der Waals surface area contributed by atoms with Crippen LogP contribution < -0.4 is 38.1 Å². The molecule has 2 aromatic rings. The Kier molecular flexibility index (Phi) is 12.7. The number of primary amides is 1. The normalized spacial score (nSPS) is 13.2. The predicted molar refractivity (Wildman–Crippen MR) is 157 cm³/mol. The number of anilines is 1. The second-order valence-electron chi connectivity index (χ2n) is 9.78. The zero-order valence-corrected chi connectivity index (χ0v) is 24.2. The van der Waals surface area contributed by atoms with Gasteiger partial charge in [-0.15, -0.1) is 0 Å². The summed E-state index contributed by atoms with van der Waals surface area (Å²) in [7, 11) is 0. The zero-order valence-electron chi connectivity index (χ0n) is 24.2. The van der Waals surface area contributed by atoms with Crippen LogP contribution in [0.1, 0.15) is 29.8 Å². The minimum absolute atomic E-state index is 0.0808. The fraction of sp³-hybridized carbons (Fsp3) is 0.333. The van der Waals surface area contributed by atoms with Crippen molar-refractivity contribution >= 4 is 46.8 Å². The number of nitrogens with one attached hydrogen (secondary N) is 5. The number of amides is 6. The summed E-state index contributed by atoms with van der Waals surface area (Å²) in [6.45, 7) is 1.18. The number of nitrogen functional groups attached to an aromatic ring is 1. The molecule has 0 aliphatic heterocycles. The number of phenols is 1. The summed E-state index contributed by atoms with van der Waals surface area (Å²) in [4.78, 5) is 84.4. The van der Waals surface area contributed by atoms with E-state index < -0.39 is 89.1 Å². The van der Waals surface area contributed by atoms with Crippen LogP contribution in [0.5, 0.6) is 5.75 Å². The van der Waals surface area contributed by atoms with Gasteiger partial charge in [0.05, 0.1) is 23.6 Å². The Morgan fingerprint density at radius 1 is 0.889 bits per heavy atom. The van der Waals surface area contributed by atoms with Crippen molar-refractivity contribution in [1.29, 1.82) is 0 Å². The van der Waals surface area contributed by atoms with Crippen molar-refractivity contribution in [2.75, 3.05) is 18.9 Å². The van der Waals surface area contributed by atoms with Crippen molar-refractivity contribution < 1.29 is 43.9 Å². The Balaban J connectivity index is 1.86. The fourth-order valence-electron chi connectivity index (χ4n) is 3.79. The molecule has 6 amide bonds. The molecule has 0 unspecified atom stereocenters. The van der Waals surface area contributed by atoms with E-state index in [1.54, 1.807) is 12.1 Å². The monoisotopic (exact) mass is 630 g/mol. The minimum Gasteiger partial charge on any atom is -0.502 e. The van der Waals surface area contributed by atoms with Crippen molar-refractivity contribution in [2.24, 2.45) is 5.73 Å². The lowest BCUT2D eigenvalue weighted by atomic mass is 10.0. The van der Waals surface area contributed by atoms with Gasteiger partial charge in [0, 0.05) is 18.2 Å². The lowest BCUT2D eigenvalue weighted by molar-refractivity contribution is -0.385. The van der Waals surface area contributed by atoms with Crippen LogP contribution in [0.4, 0.5) is 11.4 Å². The molecule has 0 saturated carbocycles. The average Bonchev–Trinajstić information content (AvgIpc) is 2.98. The lowest BCUT2D eigenvalue weighted by Gasteiger charge is -2.21. The number of nitrogens with two attached hydrogens (primary N) is 2. The number of para-hydroxylation sites is 1. The summed E-state index contributed by atoms with van der Waals surface area (Å²) in [5.41, 5.74) is 10.9. The van der Waals surface area contributed by atoms with Gasteiger partial charge in [0.15, 0.2) is 5.75 Å². The lowest BCUT2D eigenvalue weighted by Crippen LogP contribution is -2.55. The topological polar surface area (TPSA) is 298 Å². The van der Waals surface area contributed by atoms with Gasteiger partial charge in [-0.25, -0.2) is 0 Å². The summed E-state index contributed by atoms with van der Waals surface area (Å²) in [5.74, 6) is -5.60. The van der Waals surface area contributed by atoms with Gasteiger partial charge in [-0.05, 0) is 37.6 Å². The first-order valence-electron chi connectivity index (χ1n) is 13.3. The molecule has 0 fully saturated rings. The number of phenolic OH excluding ortho intramolecular Hbond substituents is 1. The quantitative estimate of drug-likeness (QED) is 0.0554. The molecule has 11 N–H and O–H groups in total. The Morgan fingerprint density at radius 2 is 1.53 bits per heavy atom. The third kappa shape index (κ3) is 10.5. The number of benzene rings is 2. The minimum atomic E-state index is -1.41. The highest BCUT2D eigenvalue weighted by Gasteiger charge is 2.27. The summed E-state index contributed by atoms with van der Waals surface area (Å²) in [5, 5.41) is 41.7. The van der Waals surface area contributed by atoms with Crippen LogP contribution in [0.15, 0.2) is 42.5 Å². The highest BCUT2D eigenvalue weighted by Crippen LogP contribution is 2.26. The van der Waals surface area contributed by atoms with E-state index in [1.165, 1.54) is 32.0 Å². The zero-order chi connectivity index (χ0) is 33.8. The first-order chi connectivity index (χ1) is 21.1. The number of aromatic hydroxyl groups is 1. The van der Waals surface area contributed by atoms with Crippen LogP contribution in [0.2, 0.25) is 0 Å². The smallest absolute Gasteiger partial charge is 0.310 e. The van der Waals surface area contributed by atoms with Crippen molar-refractivity contribution in [2.45, 2.75) is 44.4 Å². The molecule has 2 aromatic carbocycles. The molecule has 0 radical (unpaired) electrons. The summed E-state index contributed by atoms with van der Waals surface area (Å²) < 4.78 is 0. The Bertz CT molecular complexity index is 1470. The summed E-state index contributed by atoms with van der Waals surface area (Å²) in [6, 6.07) is 4.31. The van der Waals surface area contributed by atoms with E-state index in [4.69, 9.17) is 11.5 Å². The molecule has 18 heteroatoms. The maximum Gasteiger partial charge on any atom is 0.310 e. The first-order valence-corrected chi connectivity index (χ1v) is 13.3. The van der Waals surface area contributed by atoms with Gasteiger partial charge in [-0.3, -0.25) is 38.9 Å². The fourth-order valence-corrected chi connectivity index (χ4v) is 3.79. The Morgan fingerprint density at radius 3 is 2.13 bits per heavy atom. The van der Waals surface area contributed by atoms with Gasteiger partial charge >= 0.3 is 5.69 Å². The van der Waals surface area contributed by atoms with E-state index in [1.807, 2.05) is 0 Å². The van der Waals surface area contributed by atoms with E-state index in [-0.39, 0.29) is 23.2 Å². The van der Waals surface area contributed by atoms with Crippen molar-refractivity contribution in [1.82, 2.24) is 26.6 Å². The van der Waals surface area contributed by atoms with E-state index >= 15 is 0 Å². The first kappa shape index (κ1) is 35.4. The molecular weight excluding hydrogens is 596 g/mol. The number of nitrogens with zero attached hydrogens (tertiary/aromatic N) is 1. The van der Waals surface area contributed by atoms with E-state index in [0.717, 1.165) is 12.1 Å². The van der Waals surface area contributed by atoms with Gasteiger partial charge < -0.3 is 48.3 Å². The van der Waals surface area contributed by atoms with E-state index in [0.29, 0.717) is 0 Å². The highest BCUT2D eigenvalue weighted by molar-refractivity contribution is 6.02. The number of hydrogen-bond acceptors (Lipinski definition) is 11. The van der Waals surface area contributed by atoms with Gasteiger partial charge in [0.1, 0.15) is 24.2 Å². The standard InChI is InChI=1S/C27H34N8O10/c1-13(32-27(43)19(12-36)34-26(42)16-5-3-4-6-17(16)28)24(40)30-11-22(38)31-14(2)25(41)33-18(23(29)39)9-15-7-8-21(37)20(10-15)35(44)45/h3-8,10,13-14,18-19,36-37H,9,11-12,28H2,1-2H3,(H2,29,39)(H,30,40)(H,31,38)(H,32,43)(H,33,41)(H,34,42)/t13-,14-,18-,19-/m0/s1. The Hall–Kier alpha value is -5.78.